The minimum atomic E-state index is 1.32. The second-order valence-corrected chi connectivity index (χ2v) is 2.86. The molecule has 0 radical (unpaired) electrons. The van der Waals surface area contributed by atoms with E-state index in [2.05, 4.69) is 44.2 Å². The zero-order valence-corrected chi connectivity index (χ0v) is 9.39. The molecule has 0 heterocycles. The van der Waals surface area contributed by atoms with Crippen molar-refractivity contribution in [1.82, 2.24) is 0 Å². The van der Waals surface area contributed by atoms with Crippen LogP contribution in [0.25, 0.3) is 6.08 Å². The van der Waals surface area contributed by atoms with Crippen LogP contribution in [0, 0.1) is 13.8 Å². The largest absolute Gasteiger partial charge is 0.0871 e. The van der Waals surface area contributed by atoms with Gasteiger partial charge in [0.1, 0.15) is 0 Å². The highest BCUT2D eigenvalue weighted by Crippen LogP contribution is 2.11. The third kappa shape index (κ3) is 3.93. The topological polar surface area (TPSA) is 0 Å². The smallest absolute Gasteiger partial charge is 0.0228 e. The van der Waals surface area contributed by atoms with Crippen LogP contribution in [0.1, 0.15) is 37.5 Å². The van der Waals surface area contributed by atoms with E-state index >= 15 is 0 Å². The van der Waals surface area contributed by atoms with Crippen LogP contribution < -0.4 is 0 Å². The van der Waals surface area contributed by atoms with E-state index in [1.807, 2.05) is 20.8 Å². The van der Waals surface area contributed by atoms with Gasteiger partial charge in [0.2, 0.25) is 0 Å². The molecule has 0 aliphatic heterocycles. The minimum Gasteiger partial charge on any atom is -0.0871 e. The molecule has 0 unspecified atom stereocenters. The Labute approximate surface area is 82.3 Å². The molecule has 0 nitrogen and oxygen atoms in total. The van der Waals surface area contributed by atoms with E-state index in [0.717, 1.165) is 0 Å². The summed E-state index contributed by atoms with van der Waals surface area (Å²) in [4.78, 5) is 0. The molecule has 1 rings (SSSR count). The zero-order chi connectivity index (χ0) is 10.3. The van der Waals surface area contributed by atoms with Crippen LogP contribution in [0.15, 0.2) is 24.3 Å². The second kappa shape index (κ2) is 6.47. The van der Waals surface area contributed by atoms with Crippen molar-refractivity contribution in [2.45, 2.75) is 34.6 Å². The lowest BCUT2D eigenvalue weighted by Gasteiger charge is -2.00. The van der Waals surface area contributed by atoms with E-state index in [-0.39, 0.29) is 0 Å². The first kappa shape index (κ1) is 12.0. The van der Waals surface area contributed by atoms with Crippen LogP contribution >= 0.6 is 0 Å². The van der Waals surface area contributed by atoms with Crippen molar-refractivity contribution in [3.63, 3.8) is 0 Å². The van der Waals surface area contributed by atoms with E-state index in [4.69, 9.17) is 0 Å². The van der Waals surface area contributed by atoms with Gasteiger partial charge in [-0.25, -0.2) is 0 Å². The first-order chi connectivity index (χ1) is 6.24. The standard InChI is InChI=1S/C11H14.C2H6/c1-4-5-11-8-9(2)6-7-10(11)3;1-2/h4-8H,1-3H3;1-2H3/b5-4-;. The fraction of sp³-hybridized carbons (Fsp3) is 0.385. The van der Waals surface area contributed by atoms with Crippen LogP contribution in [0.3, 0.4) is 0 Å². The number of aryl methyl sites for hydroxylation is 2. The molecule has 0 saturated carbocycles. The summed E-state index contributed by atoms with van der Waals surface area (Å²) in [5.41, 5.74) is 3.99. The summed E-state index contributed by atoms with van der Waals surface area (Å²) in [7, 11) is 0. The fourth-order valence-electron chi connectivity index (χ4n) is 1.12. The Morgan fingerprint density at radius 3 is 2.23 bits per heavy atom. The maximum absolute atomic E-state index is 2.20. The average Bonchev–Trinajstić information content (AvgIpc) is 2.15. The number of rotatable bonds is 1. The van der Waals surface area contributed by atoms with Crippen LogP contribution in [0.2, 0.25) is 0 Å². The summed E-state index contributed by atoms with van der Waals surface area (Å²) >= 11 is 0. The molecule has 0 heteroatoms. The van der Waals surface area contributed by atoms with Gasteiger partial charge in [-0.1, -0.05) is 49.8 Å². The maximum Gasteiger partial charge on any atom is -0.0228 e. The van der Waals surface area contributed by atoms with Gasteiger partial charge in [-0.05, 0) is 31.9 Å². The van der Waals surface area contributed by atoms with Gasteiger partial charge in [0.25, 0.3) is 0 Å². The summed E-state index contributed by atoms with van der Waals surface area (Å²) in [5, 5.41) is 0. The zero-order valence-electron chi connectivity index (χ0n) is 9.39. The highest BCUT2D eigenvalue weighted by Gasteiger charge is 1.92. The molecule has 72 valence electrons. The average molecular weight is 176 g/mol. The van der Waals surface area contributed by atoms with E-state index < -0.39 is 0 Å². The summed E-state index contributed by atoms with van der Waals surface area (Å²) in [5.74, 6) is 0. The van der Waals surface area contributed by atoms with Crippen molar-refractivity contribution in [2.75, 3.05) is 0 Å². The van der Waals surface area contributed by atoms with Crippen molar-refractivity contribution in [2.24, 2.45) is 0 Å². The number of hydrogen-bond acceptors (Lipinski definition) is 0. The molecular formula is C13H20. The van der Waals surface area contributed by atoms with Crippen molar-refractivity contribution in [3.05, 3.63) is 41.0 Å². The van der Waals surface area contributed by atoms with Crippen LogP contribution in [-0.4, -0.2) is 0 Å². The van der Waals surface area contributed by atoms with Crippen molar-refractivity contribution < 1.29 is 0 Å². The quantitative estimate of drug-likeness (QED) is 0.596. The Morgan fingerprint density at radius 1 is 1.08 bits per heavy atom. The molecule has 0 aromatic heterocycles. The van der Waals surface area contributed by atoms with Gasteiger partial charge in [-0.3, -0.25) is 0 Å². The molecule has 0 aliphatic rings. The SMILES string of the molecule is C/C=C\c1cc(C)ccc1C.CC. The molecule has 0 bridgehead atoms. The van der Waals surface area contributed by atoms with E-state index in [1.165, 1.54) is 16.7 Å². The van der Waals surface area contributed by atoms with Gasteiger partial charge >= 0.3 is 0 Å². The van der Waals surface area contributed by atoms with Gasteiger partial charge in [0, 0.05) is 0 Å². The van der Waals surface area contributed by atoms with Gasteiger partial charge in [0.15, 0.2) is 0 Å². The number of allylic oxidation sites excluding steroid dienone is 1. The molecule has 0 amide bonds. The highest BCUT2D eigenvalue weighted by molar-refractivity contribution is 5.54. The fourth-order valence-corrected chi connectivity index (χ4v) is 1.12. The van der Waals surface area contributed by atoms with Crippen LogP contribution in [0.5, 0.6) is 0 Å². The molecule has 0 spiro atoms. The monoisotopic (exact) mass is 176 g/mol. The van der Waals surface area contributed by atoms with Crippen LogP contribution in [0.4, 0.5) is 0 Å². The first-order valence-electron chi connectivity index (χ1n) is 4.94. The van der Waals surface area contributed by atoms with E-state index in [9.17, 15) is 0 Å². The molecular weight excluding hydrogens is 156 g/mol. The predicted molar refractivity (Wildman–Crippen MR) is 62.0 cm³/mol. The lowest BCUT2D eigenvalue weighted by atomic mass is 10.1. The van der Waals surface area contributed by atoms with Crippen molar-refractivity contribution in [3.8, 4) is 0 Å². The summed E-state index contributed by atoms with van der Waals surface area (Å²) in [6.45, 7) is 10.3. The Bertz CT molecular complexity index is 269. The summed E-state index contributed by atoms with van der Waals surface area (Å²) in [6, 6.07) is 6.50. The van der Waals surface area contributed by atoms with E-state index in [1.54, 1.807) is 0 Å². The molecule has 1 aromatic rings. The van der Waals surface area contributed by atoms with Gasteiger partial charge < -0.3 is 0 Å². The summed E-state index contributed by atoms with van der Waals surface area (Å²) < 4.78 is 0. The highest BCUT2D eigenvalue weighted by atomic mass is 14.0. The molecule has 0 saturated heterocycles. The number of benzene rings is 1. The molecule has 0 fully saturated rings. The Hall–Kier alpha value is -1.04. The molecule has 0 aliphatic carbocycles. The third-order valence-electron chi connectivity index (χ3n) is 1.78. The second-order valence-electron chi connectivity index (χ2n) is 2.86. The lowest BCUT2D eigenvalue weighted by molar-refractivity contribution is 1.37. The van der Waals surface area contributed by atoms with Gasteiger partial charge in [0.05, 0.1) is 0 Å². The maximum atomic E-state index is 2.20. The van der Waals surface area contributed by atoms with E-state index in [0.29, 0.717) is 0 Å². The predicted octanol–water partition coefficient (Wildman–Crippen LogP) is 4.36. The Balaban J connectivity index is 0.000000671. The van der Waals surface area contributed by atoms with Crippen LogP contribution in [-0.2, 0) is 0 Å². The molecule has 1 aromatic carbocycles. The minimum absolute atomic E-state index is 1.32. The first-order valence-corrected chi connectivity index (χ1v) is 4.94. The van der Waals surface area contributed by atoms with Crippen molar-refractivity contribution >= 4 is 6.08 Å². The normalized spacial score (nSPS) is 9.62. The Morgan fingerprint density at radius 2 is 1.69 bits per heavy atom. The molecule has 0 N–H and O–H groups in total. The lowest BCUT2D eigenvalue weighted by Crippen LogP contribution is -1.81. The van der Waals surface area contributed by atoms with Gasteiger partial charge in [-0.15, -0.1) is 0 Å². The molecule has 13 heavy (non-hydrogen) atoms. The summed E-state index contributed by atoms with van der Waals surface area (Å²) in [6.07, 6.45) is 4.21. The number of hydrogen-bond donors (Lipinski definition) is 0. The molecule has 0 atom stereocenters. The van der Waals surface area contributed by atoms with Gasteiger partial charge in [-0.2, -0.15) is 0 Å². The third-order valence-corrected chi connectivity index (χ3v) is 1.78. The Kier molecular flexibility index (Phi) is 5.96. The van der Waals surface area contributed by atoms with Crippen molar-refractivity contribution in [1.29, 1.82) is 0 Å².